The van der Waals surface area contributed by atoms with Crippen molar-refractivity contribution in [3.8, 4) is 0 Å². The SMILES string of the molecule is Cc1cc(F)ccc1CN(CCCN)Cc1ccccc1. The molecular weight excluding hydrogens is 263 g/mol. The van der Waals surface area contributed by atoms with E-state index >= 15 is 0 Å². The number of hydrogen-bond donors (Lipinski definition) is 1. The van der Waals surface area contributed by atoms with Crippen molar-refractivity contribution >= 4 is 0 Å². The summed E-state index contributed by atoms with van der Waals surface area (Å²) in [6, 6.07) is 15.4. The van der Waals surface area contributed by atoms with Crippen molar-refractivity contribution in [2.75, 3.05) is 13.1 Å². The van der Waals surface area contributed by atoms with E-state index in [1.54, 1.807) is 6.07 Å². The lowest BCUT2D eigenvalue weighted by Crippen LogP contribution is -2.26. The molecule has 21 heavy (non-hydrogen) atoms. The summed E-state index contributed by atoms with van der Waals surface area (Å²) in [5.74, 6) is -0.173. The molecule has 3 heteroatoms. The van der Waals surface area contributed by atoms with Crippen LogP contribution < -0.4 is 5.73 Å². The molecule has 0 aliphatic heterocycles. The van der Waals surface area contributed by atoms with Crippen LogP contribution in [0, 0.1) is 12.7 Å². The number of nitrogens with zero attached hydrogens (tertiary/aromatic N) is 1. The highest BCUT2D eigenvalue weighted by Gasteiger charge is 2.09. The molecule has 0 amide bonds. The molecule has 2 nitrogen and oxygen atoms in total. The first kappa shape index (κ1) is 15.7. The van der Waals surface area contributed by atoms with Gasteiger partial charge in [-0.25, -0.2) is 4.39 Å². The molecule has 0 aliphatic rings. The minimum Gasteiger partial charge on any atom is -0.330 e. The topological polar surface area (TPSA) is 29.3 Å². The number of benzene rings is 2. The van der Waals surface area contributed by atoms with Gasteiger partial charge in [-0.3, -0.25) is 4.90 Å². The molecule has 2 aromatic carbocycles. The Kier molecular flexibility index (Phi) is 5.90. The average molecular weight is 286 g/mol. The van der Waals surface area contributed by atoms with Crippen molar-refractivity contribution in [2.45, 2.75) is 26.4 Å². The maximum Gasteiger partial charge on any atom is 0.123 e. The molecule has 0 aromatic heterocycles. The number of nitrogens with two attached hydrogens (primary N) is 1. The average Bonchev–Trinajstić information content (AvgIpc) is 2.48. The van der Waals surface area contributed by atoms with Crippen LogP contribution in [0.5, 0.6) is 0 Å². The molecule has 0 saturated carbocycles. The number of rotatable bonds is 7. The Morgan fingerprint density at radius 1 is 1.05 bits per heavy atom. The van der Waals surface area contributed by atoms with Crippen LogP contribution in [0.15, 0.2) is 48.5 Å². The highest BCUT2D eigenvalue weighted by atomic mass is 19.1. The zero-order valence-electron chi connectivity index (χ0n) is 12.6. The number of halogens is 1. The van der Waals surface area contributed by atoms with Gasteiger partial charge in [-0.1, -0.05) is 36.4 Å². The molecule has 0 heterocycles. The van der Waals surface area contributed by atoms with E-state index < -0.39 is 0 Å². The molecule has 0 spiro atoms. The van der Waals surface area contributed by atoms with Gasteiger partial charge in [0.25, 0.3) is 0 Å². The molecule has 0 bridgehead atoms. The van der Waals surface area contributed by atoms with E-state index in [2.05, 4.69) is 29.2 Å². The number of aryl methyl sites for hydroxylation is 1. The van der Waals surface area contributed by atoms with E-state index in [9.17, 15) is 4.39 Å². The smallest absolute Gasteiger partial charge is 0.123 e. The van der Waals surface area contributed by atoms with Gasteiger partial charge in [-0.2, -0.15) is 0 Å². The molecule has 2 rings (SSSR count). The van der Waals surface area contributed by atoms with Gasteiger partial charge in [0.15, 0.2) is 0 Å². The van der Waals surface area contributed by atoms with Crippen LogP contribution >= 0.6 is 0 Å². The summed E-state index contributed by atoms with van der Waals surface area (Å²) in [4.78, 5) is 2.36. The van der Waals surface area contributed by atoms with E-state index in [0.29, 0.717) is 6.54 Å². The molecule has 0 atom stereocenters. The maximum atomic E-state index is 13.2. The lowest BCUT2D eigenvalue weighted by molar-refractivity contribution is 0.254. The normalized spacial score (nSPS) is 11.0. The van der Waals surface area contributed by atoms with Gasteiger partial charge in [0.05, 0.1) is 0 Å². The Hall–Kier alpha value is -1.71. The van der Waals surface area contributed by atoms with Crippen molar-refractivity contribution in [3.05, 3.63) is 71.0 Å². The van der Waals surface area contributed by atoms with Crippen molar-refractivity contribution in [1.29, 1.82) is 0 Å². The fourth-order valence-electron chi connectivity index (χ4n) is 2.45. The quantitative estimate of drug-likeness (QED) is 0.844. The fourth-order valence-corrected chi connectivity index (χ4v) is 2.45. The lowest BCUT2D eigenvalue weighted by atomic mass is 10.1. The van der Waals surface area contributed by atoms with Crippen molar-refractivity contribution in [3.63, 3.8) is 0 Å². The van der Waals surface area contributed by atoms with Crippen LogP contribution in [0.4, 0.5) is 4.39 Å². The Labute approximate surface area is 126 Å². The first-order chi connectivity index (χ1) is 10.2. The Balaban J connectivity index is 2.08. The highest BCUT2D eigenvalue weighted by molar-refractivity contribution is 5.26. The first-order valence-corrected chi connectivity index (χ1v) is 7.40. The van der Waals surface area contributed by atoms with Crippen LogP contribution in [0.2, 0.25) is 0 Å². The summed E-state index contributed by atoms with van der Waals surface area (Å²) in [5.41, 5.74) is 9.09. The Morgan fingerprint density at radius 3 is 2.48 bits per heavy atom. The summed E-state index contributed by atoms with van der Waals surface area (Å²) in [6.45, 7) is 5.30. The van der Waals surface area contributed by atoms with Crippen LogP contribution in [-0.2, 0) is 13.1 Å². The zero-order chi connectivity index (χ0) is 15.1. The second kappa shape index (κ2) is 7.91. The van der Waals surface area contributed by atoms with Crippen molar-refractivity contribution in [1.82, 2.24) is 4.90 Å². The minimum atomic E-state index is -0.173. The van der Waals surface area contributed by atoms with Gasteiger partial charge < -0.3 is 5.73 Å². The highest BCUT2D eigenvalue weighted by Crippen LogP contribution is 2.15. The van der Waals surface area contributed by atoms with Gasteiger partial charge in [-0.05, 0) is 48.7 Å². The minimum absolute atomic E-state index is 0.173. The third-order valence-corrected chi connectivity index (χ3v) is 3.63. The van der Waals surface area contributed by atoms with Crippen molar-refractivity contribution < 1.29 is 4.39 Å². The van der Waals surface area contributed by atoms with E-state index in [0.717, 1.165) is 31.6 Å². The van der Waals surface area contributed by atoms with Gasteiger partial charge in [-0.15, -0.1) is 0 Å². The van der Waals surface area contributed by atoms with Gasteiger partial charge in [0.2, 0.25) is 0 Å². The molecule has 112 valence electrons. The van der Waals surface area contributed by atoms with E-state index in [1.807, 2.05) is 19.1 Å². The summed E-state index contributed by atoms with van der Waals surface area (Å²) >= 11 is 0. The molecule has 0 fully saturated rings. The van der Waals surface area contributed by atoms with Crippen LogP contribution in [-0.4, -0.2) is 18.0 Å². The molecular formula is C18H23FN2. The standard InChI is InChI=1S/C18H23FN2/c1-15-12-18(19)9-8-17(15)14-21(11-5-10-20)13-16-6-3-2-4-7-16/h2-4,6-9,12H,5,10-11,13-14,20H2,1H3. The van der Waals surface area contributed by atoms with E-state index in [4.69, 9.17) is 5.73 Å². The lowest BCUT2D eigenvalue weighted by Gasteiger charge is -2.23. The van der Waals surface area contributed by atoms with E-state index in [1.165, 1.54) is 17.2 Å². The predicted molar refractivity (Wildman–Crippen MR) is 85.4 cm³/mol. The summed E-state index contributed by atoms with van der Waals surface area (Å²) in [7, 11) is 0. The second-order valence-electron chi connectivity index (χ2n) is 5.41. The van der Waals surface area contributed by atoms with Crippen molar-refractivity contribution in [2.24, 2.45) is 5.73 Å². The molecule has 0 aliphatic carbocycles. The summed E-state index contributed by atoms with van der Waals surface area (Å²) < 4.78 is 13.2. The van der Waals surface area contributed by atoms with Gasteiger partial charge >= 0.3 is 0 Å². The van der Waals surface area contributed by atoms with Gasteiger partial charge in [0, 0.05) is 19.6 Å². The third kappa shape index (κ3) is 4.96. The molecule has 0 saturated heterocycles. The maximum absolute atomic E-state index is 13.2. The third-order valence-electron chi connectivity index (χ3n) is 3.63. The Bertz CT molecular complexity index is 554. The van der Waals surface area contributed by atoms with Gasteiger partial charge in [0.1, 0.15) is 5.82 Å². The molecule has 2 aromatic rings. The largest absolute Gasteiger partial charge is 0.330 e. The first-order valence-electron chi connectivity index (χ1n) is 7.40. The molecule has 0 unspecified atom stereocenters. The summed E-state index contributed by atoms with van der Waals surface area (Å²) in [6.07, 6.45) is 0.965. The monoisotopic (exact) mass is 286 g/mol. The predicted octanol–water partition coefficient (Wildman–Crippen LogP) is 3.49. The second-order valence-corrected chi connectivity index (χ2v) is 5.41. The molecule has 2 N–H and O–H groups in total. The zero-order valence-corrected chi connectivity index (χ0v) is 12.6. The summed E-state index contributed by atoms with van der Waals surface area (Å²) in [5, 5.41) is 0. The van der Waals surface area contributed by atoms with Crippen LogP contribution in [0.25, 0.3) is 0 Å². The van der Waals surface area contributed by atoms with E-state index in [-0.39, 0.29) is 5.82 Å². The molecule has 0 radical (unpaired) electrons. The van der Waals surface area contributed by atoms with Crippen LogP contribution in [0.3, 0.4) is 0 Å². The fraction of sp³-hybridized carbons (Fsp3) is 0.333. The number of hydrogen-bond acceptors (Lipinski definition) is 2. The Morgan fingerprint density at radius 2 is 1.81 bits per heavy atom. The van der Waals surface area contributed by atoms with Crippen LogP contribution in [0.1, 0.15) is 23.1 Å².